The van der Waals surface area contributed by atoms with Crippen molar-refractivity contribution in [3.63, 3.8) is 0 Å². The van der Waals surface area contributed by atoms with Gasteiger partial charge in [-0.15, -0.1) is 11.8 Å². The Bertz CT molecular complexity index is 1090. The average molecular weight is 473 g/mol. The molecule has 0 saturated carbocycles. The van der Waals surface area contributed by atoms with Gasteiger partial charge in [-0.2, -0.15) is 0 Å². The van der Waals surface area contributed by atoms with Crippen LogP contribution < -0.4 is 5.32 Å². The molecule has 0 spiro atoms. The van der Waals surface area contributed by atoms with Crippen molar-refractivity contribution in [2.75, 3.05) is 17.7 Å². The van der Waals surface area contributed by atoms with Gasteiger partial charge in [0.05, 0.1) is 10.6 Å². The smallest absolute Gasteiger partial charge is 0.330 e. The molecule has 2 heterocycles. The lowest BCUT2D eigenvalue weighted by Crippen LogP contribution is -2.47. The van der Waals surface area contributed by atoms with Crippen molar-refractivity contribution in [3.8, 4) is 0 Å². The minimum absolute atomic E-state index is 0.0749. The summed E-state index contributed by atoms with van der Waals surface area (Å²) in [6.07, 6.45) is 1.10. The Balaban J connectivity index is 1.41. The predicted molar refractivity (Wildman–Crippen MR) is 122 cm³/mol. The Labute approximate surface area is 194 Å². The molecule has 2 aliphatic heterocycles. The van der Waals surface area contributed by atoms with E-state index < -0.39 is 24.5 Å². The second-order valence-corrected chi connectivity index (χ2v) is 9.74. The fourth-order valence-corrected chi connectivity index (χ4v) is 5.56. The molecule has 2 fully saturated rings. The maximum absolute atomic E-state index is 12.9. The van der Waals surface area contributed by atoms with Crippen molar-refractivity contribution in [3.05, 3.63) is 64.7 Å². The number of ketones is 1. The van der Waals surface area contributed by atoms with Crippen molar-refractivity contribution < 1.29 is 23.9 Å². The van der Waals surface area contributed by atoms with Gasteiger partial charge in [-0.05, 0) is 31.5 Å². The summed E-state index contributed by atoms with van der Waals surface area (Å²) in [6, 6.07) is 12.5. The molecular weight excluding hydrogens is 452 g/mol. The van der Waals surface area contributed by atoms with Gasteiger partial charge in [-0.25, -0.2) is 4.79 Å². The summed E-state index contributed by atoms with van der Waals surface area (Å²) in [7, 11) is 0. The number of nitrogens with zero attached hydrogens (tertiary/aromatic N) is 1. The van der Waals surface area contributed by atoms with E-state index in [1.807, 2.05) is 6.92 Å². The van der Waals surface area contributed by atoms with Gasteiger partial charge < -0.3 is 15.0 Å². The van der Waals surface area contributed by atoms with Crippen molar-refractivity contribution in [1.82, 2.24) is 4.90 Å². The van der Waals surface area contributed by atoms with E-state index in [2.05, 4.69) is 5.32 Å². The van der Waals surface area contributed by atoms with Crippen LogP contribution in [-0.2, 0) is 19.1 Å². The molecule has 166 valence electrons. The van der Waals surface area contributed by atoms with Gasteiger partial charge in [0.25, 0.3) is 5.91 Å². The highest BCUT2D eigenvalue weighted by Crippen LogP contribution is 2.47. The van der Waals surface area contributed by atoms with Gasteiger partial charge in [0.1, 0.15) is 6.04 Å². The lowest BCUT2D eigenvalue weighted by atomic mass is 10.0. The molecule has 2 aromatic rings. The summed E-state index contributed by atoms with van der Waals surface area (Å²) >= 11 is 7.61. The third-order valence-electron chi connectivity index (χ3n) is 5.60. The first-order chi connectivity index (χ1) is 15.3. The Morgan fingerprint density at radius 2 is 1.97 bits per heavy atom. The van der Waals surface area contributed by atoms with Crippen LogP contribution in [0.2, 0.25) is 5.02 Å². The van der Waals surface area contributed by atoms with E-state index in [-0.39, 0.29) is 27.8 Å². The predicted octanol–water partition coefficient (Wildman–Crippen LogP) is 3.51. The summed E-state index contributed by atoms with van der Waals surface area (Å²) < 4.78 is 5.20. The van der Waals surface area contributed by atoms with Crippen LogP contribution in [0.15, 0.2) is 48.5 Å². The number of hydrogen-bond acceptors (Lipinski definition) is 6. The fraction of sp³-hybridized carbons (Fsp3) is 0.304. The topological polar surface area (TPSA) is 92.8 Å². The number of thioether (sulfide) groups is 1. The zero-order valence-electron chi connectivity index (χ0n) is 17.3. The van der Waals surface area contributed by atoms with E-state index in [1.54, 1.807) is 53.1 Å². The number of amides is 2. The molecule has 1 N–H and O–H groups in total. The monoisotopic (exact) mass is 472 g/mol. The first kappa shape index (κ1) is 22.4. The van der Waals surface area contributed by atoms with Gasteiger partial charge in [0.15, 0.2) is 12.4 Å². The van der Waals surface area contributed by atoms with Crippen LogP contribution in [-0.4, -0.2) is 51.7 Å². The molecule has 2 saturated heterocycles. The quantitative estimate of drug-likeness (QED) is 0.511. The number of hydrogen-bond donors (Lipinski definition) is 1. The summed E-state index contributed by atoms with van der Waals surface area (Å²) in [5, 5.41) is 2.97. The molecule has 0 radical (unpaired) electrons. The van der Waals surface area contributed by atoms with E-state index in [9.17, 15) is 19.2 Å². The Hall–Kier alpha value is -2.84. The molecule has 2 aromatic carbocycles. The van der Waals surface area contributed by atoms with E-state index >= 15 is 0 Å². The maximum Gasteiger partial charge on any atom is 0.330 e. The standard InChI is InChI=1S/C23H21ClN2O5S/c1-23-10-9-20(28)26(23)18(13-32-23)22(30)31-12-19(27)25-17-8-7-15(24)11-16(17)21(29)14-5-3-2-4-6-14/h2-8,11,18H,9-10,12-13H2,1H3,(H,25,27)/t18-,23+/m0/s1. The second-order valence-electron chi connectivity index (χ2n) is 7.81. The largest absolute Gasteiger partial charge is 0.454 e. The van der Waals surface area contributed by atoms with Crippen molar-refractivity contribution in [2.24, 2.45) is 0 Å². The summed E-state index contributed by atoms with van der Waals surface area (Å²) in [6.45, 7) is 1.41. The van der Waals surface area contributed by atoms with Crippen LogP contribution in [0.4, 0.5) is 5.69 Å². The number of fused-ring (bicyclic) bond motifs is 1. The molecule has 0 aliphatic carbocycles. The highest BCUT2D eigenvalue weighted by molar-refractivity contribution is 8.01. The van der Waals surface area contributed by atoms with Crippen LogP contribution in [0.5, 0.6) is 0 Å². The number of esters is 1. The number of carbonyl (C=O) groups excluding carboxylic acids is 4. The summed E-state index contributed by atoms with van der Waals surface area (Å²) in [4.78, 5) is 51.3. The third-order valence-corrected chi connectivity index (χ3v) is 7.34. The van der Waals surface area contributed by atoms with Crippen LogP contribution in [0.1, 0.15) is 35.7 Å². The summed E-state index contributed by atoms with van der Waals surface area (Å²) in [5.41, 5.74) is 0.950. The lowest BCUT2D eigenvalue weighted by Gasteiger charge is -2.29. The van der Waals surface area contributed by atoms with Gasteiger partial charge in [-0.1, -0.05) is 41.9 Å². The molecule has 2 atom stereocenters. The number of carbonyl (C=O) groups is 4. The molecule has 7 nitrogen and oxygen atoms in total. The van der Waals surface area contributed by atoms with E-state index in [1.165, 1.54) is 12.1 Å². The van der Waals surface area contributed by atoms with E-state index in [4.69, 9.17) is 16.3 Å². The van der Waals surface area contributed by atoms with Gasteiger partial charge in [0, 0.05) is 28.3 Å². The first-order valence-corrected chi connectivity index (χ1v) is 11.5. The van der Waals surface area contributed by atoms with Gasteiger partial charge in [0.2, 0.25) is 5.91 Å². The van der Waals surface area contributed by atoms with Gasteiger partial charge in [-0.3, -0.25) is 14.4 Å². The number of nitrogens with one attached hydrogen (secondary N) is 1. The number of ether oxygens (including phenoxy) is 1. The molecule has 0 unspecified atom stereocenters. The lowest BCUT2D eigenvalue weighted by molar-refractivity contribution is -0.155. The molecule has 2 amide bonds. The van der Waals surface area contributed by atoms with E-state index in [0.717, 1.165) is 0 Å². The Morgan fingerprint density at radius 1 is 1.22 bits per heavy atom. The number of rotatable bonds is 6. The van der Waals surface area contributed by atoms with E-state index in [0.29, 0.717) is 29.2 Å². The maximum atomic E-state index is 12.9. The normalized spacial score (nSPS) is 21.9. The SMILES string of the molecule is C[C@@]12CCC(=O)N1[C@H](C(=O)OCC(=O)Nc1ccc(Cl)cc1C(=O)c1ccccc1)CS2. The molecule has 0 bridgehead atoms. The zero-order valence-corrected chi connectivity index (χ0v) is 18.9. The van der Waals surface area contributed by atoms with Crippen LogP contribution >= 0.6 is 23.4 Å². The summed E-state index contributed by atoms with van der Waals surface area (Å²) in [5.74, 6) is -1.13. The molecular formula is C23H21ClN2O5S. The van der Waals surface area contributed by atoms with Crippen LogP contribution in [0.3, 0.4) is 0 Å². The van der Waals surface area contributed by atoms with Crippen LogP contribution in [0.25, 0.3) is 0 Å². The van der Waals surface area contributed by atoms with Crippen molar-refractivity contribution >= 4 is 52.6 Å². The number of benzene rings is 2. The van der Waals surface area contributed by atoms with Crippen molar-refractivity contribution in [1.29, 1.82) is 0 Å². The number of anilines is 1. The molecule has 2 aliphatic rings. The van der Waals surface area contributed by atoms with Gasteiger partial charge >= 0.3 is 5.97 Å². The second kappa shape index (κ2) is 8.96. The minimum atomic E-state index is -0.696. The Kier molecular flexibility index (Phi) is 6.26. The first-order valence-electron chi connectivity index (χ1n) is 10.1. The molecule has 9 heteroatoms. The fourth-order valence-electron chi connectivity index (χ4n) is 3.97. The highest BCUT2D eigenvalue weighted by atomic mass is 35.5. The molecule has 4 rings (SSSR count). The minimum Gasteiger partial charge on any atom is -0.454 e. The van der Waals surface area contributed by atoms with Crippen LogP contribution in [0, 0.1) is 0 Å². The highest BCUT2D eigenvalue weighted by Gasteiger charge is 2.53. The third kappa shape index (κ3) is 4.38. The molecule has 32 heavy (non-hydrogen) atoms. The number of halogens is 1. The van der Waals surface area contributed by atoms with Crippen molar-refractivity contribution in [2.45, 2.75) is 30.7 Å². The Morgan fingerprint density at radius 3 is 2.72 bits per heavy atom. The molecule has 0 aromatic heterocycles. The zero-order chi connectivity index (χ0) is 22.9. The average Bonchev–Trinajstić information content (AvgIpc) is 3.29.